The monoisotopic (exact) mass is 255 g/mol. The molecule has 6 nitrogen and oxygen atoms in total. The second-order valence-electron chi connectivity index (χ2n) is 4.29. The van der Waals surface area contributed by atoms with Gasteiger partial charge in [0.05, 0.1) is 0 Å². The Morgan fingerprint density at radius 1 is 1.21 bits per heavy atom. The van der Waals surface area contributed by atoms with E-state index in [1.54, 1.807) is 24.5 Å². The van der Waals surface area contributed by atoms with Crippen LogP contribution >= 0.6 is 0 Å². The van der Waals surface area contributed by atoms with Crippen LogP contribution < -0.4 is 10.5 Å². The first-order valence-electron chi connectivity index (χ1n) is 5.85. The van der Waals surface area contributed by atoms with Gasteiger partial charge in [-0.2, -0.15) is 0 Å². The van der Waals surface area contributed by atoms with Crippen molar-refractivity contribution < 1.29 is 4.74 Å². The largest absolute Gasteiger partial charge is 0.436 e. The molecule has 2 N–H and O–H groups in total. The van der Waals surface area contributed by atoms with Gasteiger partial charge in [0, 0.05) is 18.1 Å². The SMILES string of the molecule is Cc1cc(Oc2nccn3c(C)nnc23)ccc1N. The average Bonchev–Trinajstić information content (AvgIpc) is 2.77. The van der Waals surface area contributed by atoms with E-state index < -0.39 is 0 Å². The molecule has 19 heavy (non-hydrogen) atoms. The number of ether oxygens (including phenoxy) is 1. The summed E-state index contributed by atoms with van der Waals surface area (Å²) in [4.78, 5) is 4.19. The molecule has 0 aliphatic heterocycles. The number of anilines is 1. The van der Waals surface area contributed by atoms with Crippen LogP contribution in [0.25, 0.3) is 5.65 Å². The maximum Gasteiger partial charge on any atom is 0.265 e. The third-order valence-corrected chi connectivity index (χ3v) is 2.92. The molecule has 3 aromatic rings. The number of hydrogen-bond donors (Lipinski definition) is 1. The first-order valence-corrected chi connectivity index (χ1v) is 5.85. The lowest BCUT2D eigenvalue weighted by atomic mass is 10.2. The zero-order valence-corrected chi connectivity index (χ0v) is 10.7. The molecule has 6 heteroatoms. The Morgan fingerprint density at radius 2 is 2.05 bits per heavy atom. The zero-order valence-electron chi connectivity index (χ0n) is 10.7. The van der Waals surface area contributed by atoms with E-state index in [1.807, 2.05) is 24.3 Å². The summed E-state index contributed by atoms with van der Waals surface area (Å²) in [5.41, 5.74) is 8.06. The van der Waals surface area contributed by atoms with Crippen LogP contribution in [0.15, 0.2) is 30.6 Å². The van der Waals surface area contributed by atoms with Gasteiger partial charge < -0.3 is 10.5 Å². The van der Waals surface area contributed by atoms with Crippen LogP contribution in [0.4, 0.5) is 5.69 Å². The summed E-state index contributed by atoms with van der Waals surface area (Å²) in [6, 6.07) is 5.47. The van der Waals surface area contributed by atoms with Gasteiger partial charge in [0.1, 0.15) is 11.6 Å². The first kappa shape index (κ1) is 11.5. The highest BCUT2D eigenvalue weighted by atomic mass is 16.5. The minimum absolute atomic E-state index is 0.423. The van der Waals surface area contributed by atoms with Crippen LogP contribution in [0.5, 0.6) is 11.6 Å². The number of aromatic nitrogens is 4. The Kier molecular flexibility index (Phi) is 2.56. The maximum absolute atomic E-state index is 5.78. The second kappa shape index (κ2) is 4.24. The highest BCUT2D eigenvalue weighted by molar-refractivity contribution is 5.53. The number of benzene rings is 1. The van der Waals surface area contributed by atoms with Crippen molar-refractivity contribution >= 4 is 11.3 Å². The third-order valence-electron chi connectivity index (χ3n) is 2.92. The average molecular weight is 255 g/mol. The predicted octanol–water partition coefficient (Wildman–Crippen LogP) is 2.12. The summed E-state index contributed by atoms with van der Waals surface area (Å²) in [7, 11) is 0. The first-order chi connectivity index (χ1) is 9.15. The van der Waals surface area contributed by atoms with Crippen LogP contribution in [0.1, 0.15) is 11.4 Å². The molecule has 0 spiro atoms. The van der Waals surface area contributed by atoms with E-state index in [0.717, 1.165) is 17.1 Å². The number of nitrogens with two attached hydrogens (primary N) is 1. The molecule has 3 rings (SSSR count). The van der Waals surface area contributed by atoms with Crippen molar-refractivity contribution in [3.63, 3.8) is 0 Å². The van der Waals surface area contributed by atoms with Gasteiger partial charge in [-0.3, -0.25) is 4.40 Å². The molecular formula is C13H13N5O. The highest BCUT2D eigenvalue weighted by Gasteiger charge is 2.10. The summed E-state index contributed by atoms with van der Waals surface area (Å²) in [5.74, 6) is 1.89. The molecule has 0 unspecified atom stereocenters. The zero-order chi connectivity index (χ0) is 13.4. The van der Waals surface area contributed by atoms with Crippen LogP contribution in [0.2, 0.25) is 0 Å². The summed E-state index contributed by atoms with van der Waals surface area (Å²) < 4.78 is 7.58. The van der Waals surface area contributed by atoms with Gasteiger partial charge in [0.15, 0.2) is 0 Å². The smallest absolute Gasteiger partial charge is 0.265 e. The van der Waals surface area contributed by atoms with Gasteiger partial charge in [0.25, 0.3) is 5.88 Å². The highest BCUT2D eigenvalue weighted by Crippen LogP contribution is 2.25. The summed E-state index contributed by atoms with van der Waals surface area (Å²) >= 11 is 0. The molecule has 0 fully saturated rings. The molecule has 0 saturated heterocycles. The number of nitrogens with zero attached hydrogens (tertiary/aromatic N) is 4. The fourth-order valence-electron chi connectivity index (χ4n) is 1.81. The van der Waals surface area contributed by atoms with Crippen molar-refractivity contribution in [2.24, 2.45) is 0 Å². The lowest BCUT2D eigenvalue weighted by molar-refractivity contribution is 0.464. The lowest BCUT2D eigenvalue weighted by Crippen LogP contribution is -1.95. The van der Waals surface area contributed by atoms with E-state index in [1.165, 1.54) is 0 Å². The quantitative estimate of drug-likeness (QED) is 0.709. The topological polar surface area (TPSA) is 78.3 Å². The fourth-order valence-corrected chi connectivity index (χ4v) is 1.81. The van der Waals surface area contributed by atoms with E-state index in [0.29, 0.717) is 17.3 Å². The minimum Gasteiger partial charge on any atom is -0.436 e. The number of hydrogen-bond acceptors (Lipinski definition) is 5. The number of nitrogen functional groups attached to an aromatic ring is 1. The Hall–Kier alpha value is -2.63. The number of rotatable bonds is 2. The predicted molar refractivity (Wildman–Crippen MR) is 71.2 cm³/mol. The second-order valence-corrected chi connectivity index (χ2v) is 4.29. The molecule has 2 aromatic heterocycles. The van der Waals surface area contributed by atoms with E-state index >= 15 is 0 Å². The van der Waals surface area contributed by atoms with Crippen LogP contribution in [-0.2, 0) is 0 Å². The Balaban J connectivity index is 2.03. The van der Waals surface area contributed by atoms with Gasteiger partial charge in [-0.15, -0.1) is 10.2 Å². The Bertz CT molecular complexity index is 750. The number of aryl methyl sites for hydroxylation is 2. The molecule has 96 valence electrons. The number of fused-ring (bicyclic) bond motifs is 1. The summed E-state index contributed by atoms with van der Waals surface area (Å²) in [5, 5.41) is 8.06. The molecule has 0 atom stereocenters. The third kappa shape index (κ3) is 1.97. The van der Waals surface area contributed by atoms with Crippen molar-refractivity contribution in [3.05, 3.63) is 42.0 Å². The summed E-state index contributed by atoms with van der Waals surface area (Å²) in [6.07, 6.45) is 3.45. The molecule has 0 saturated carbocycles. The van der Waals surface area contributed by atoms with Crippen LogP contribution in [0.3, 0.4) is 0 Å². The van der Waals surface area contributed by atoms with Crippen molar-refractivity contribution in [1.82, 2.24) is 19.6 Å². The van der Waals surface area contributed by atoms with Gasteiger partial charge in [-0.05, 0) is 37.6 Å². The maximum atomic E-state index is 5.78. The van der Waals surface area contributed by atoms with Crippen LogP contribution in [-0.4, -0.2) is 19.6 Å². The lowest BCUT2D eigenvalue weighted by Gasteiger charge is -2.07. The van der Waals surface area contributed by atoms with Gasteiger partial charge in [-0.25, -0.2) is 4.98 Å². The molecule has 0 bridgehead atoms. The molecular weight excluding hydrogens is 242 g/mol. The molecule has 0 aliphatic carbocycles. The van der Waals surface area contributed by atoms with E-state index in [4.69, 9.17) is 10.5 Å². The standard InChI is InChI=1S/C13H13N5O/c1-8-7-10(3-4-11(8)14)19-13-12-17-16-9(2)18(12)6-5-15-13/h3-7H,14H2,1-2H3. The normalized spacial score (nSPS) is 10.8. The van der Waals surface area contributed by atoms with Crippen molar-refractivity contribution in [2.45, 2.75) is 13.8 Å². The van der Waals surface area contributed by atoms with Crippen molar-refractivity contribution in [1.29, 1.82) is 0 Å². The molecule has 0 aliphatic rings. The summed E-state index contributed by atoms with van der Waals surface area (Å²) in [6.45, 7) is 3.80. The molecule has 0 radical (unpaired) electrons. The fraction of sp³-hybridized carbons (Fsp3) is 0.154. The van der Waals surface area contributed by atoms with Gasteiger partial charge in [-0.1, -0.05) is 0 Å². The van der Waals surface area contributed by atoms with Crippen molar-refractivity contribution in [3.8, 4) is 11.6 Å². The van der Waals surface area contributed by atoms with E-state index in [9.17, 15) is 0 Å². The minimum atomic E-state index is 0.423. The van der Waals surface area contributed by atoms with E-state index in [-0.39, 0.29) is 0 Å². The molecule has 0 amide bonds. The van der Waals surface area contributed by atoms with Gasteiger partial charge >= 0.3 is 0 Å². The van der Waals surface area contributed by atoms with Gasteiger partial charge in [0.2, 0.25) is 5.65 Å². The Morgan fingerprint density at radius 3 is 2.84 bits per heavy atom. The molecule has 1 aromatic carbocycles. The molecule has 2 heterocycles. The Labute approximate surface area is 109 Å². The van der Waals surface area contributed by atoms with Crippen molar-refractivity contribution in [2.75, 3.05) is 5.73 Å². The van der Waals surface area contributed by atoms with E-state index in [2.05, 4.69) is 15.2 Å². The van der Waals surface area contributed by atoms with Crippen LogP contribution in [0, 0.1) is 13.8 Å².